The largest absolute Gasteiger partial charge is 0.454 e. The number of fused-ring (bicyclic) bond motifs is 4. The first-order valence-corrected chi connectivity index (χ1v) is 15.8. The van der Waals surface area contributed by atoms with Crippen molar-refractivity contribution in [2.75, 3.05) is 0 Å². The molecular formula is C33H50N2O4. The fraction of sp³-hybridized carbons (Fsp3) is 0.879. The van der Waals surface area contributed by atoms with E-state index in [0.717, 1.165) is 31.6 Å². The minimum atomic E-state index is -1.07. The summed E-state index contributed by atoms with van der Waals surface area (Å²) in [6.45, 7) is 13.6. The molecule has 6 aliphatic rings. The van der Waals surface area contributed by atoms with E-state index in [9.17, 15) is 10.2 Å². The molecule has 0 aromatic carbocycles. The topological polar surface area (TPSA) is 84.7 Å². The van der Waals surface area contributed by atoms with E-state index in [2.05, 4.69) is 37.7 Å². The molecule has 216 valence electrons. The van der Waals surface area contributed by atoms with E-state index in [0.29, 0.717) is 28.7 Å². The lowest BCUT2D eigenvalue weighted by atomic mass is 9.42. The summed E-state index contributed by atoms with van der Waals surface area (Å²) >= 11 is 0. The Balaban J connectivity index is 1.16. The highest BCUT2D eigenvalue weighted by molar-refractivity contribution is 5.31. The highest BCUT2D eigenvalue weighted by atomic mass is 16.6. The molecule has 1 aliphatic heterocycles. The zero-order valence-electron chi connectivity index (χ0n) is 24.9. The second-order valence-electron chi connectivity index (χ2n) is 16.2. The molecule has 1 aromatic heterocycles. The Morgan fingerprint density at radius 1 is 0.923 bits per heavy atom. The maximum Gasteiger partial charge on any atom is 0.316 e. The van der Waals surface area contributed by atoms with Gasteiger partial charge in [0.05, 0.1) is 23.9 Å². The maximum atomic E-state index is 11.1. The third-order valence-electron chi connectivity index (χ3n) is 14.2. The van der Waals surface area contributed by atoms with Crippen LogP contribution in [0.1, 0.15) is 106 Å². The fourth-order valence-electron chi connectivity index (χ4n) is 12.1. The fourth-order valence-corrected chi connectivity index (χ4v) is 12.1. The van der Waals surface area contributed by atoms with Crippen molar-refractivity contribution < 1.29 is 19.7 Å². The minimum Gasteiger partial charge on any atom is -0.454 e. The van der Waals surface area contributed by atoms with Gasteiger partial charge in [-0.25, -0.2) is 9.97 Å². The zero-order chi connectivity index (χ0) is 27.6. The molecule has 5 aliphatic carbocycles. The maximum absolute atomic E-state index is 11.1. The van der Waals surface area contributed by atoms with Gasteiger partial charge in [-0.15, -0.1) is 0 Å². The quantitative estimate of drug-likeness (QED) is 0.493. The number of hydrogen-bond acceptors (Lipinski definition) is 6. The molecule has 6 fully saturated rings. The van der Waals surface area contributed by atoms with Crippen molar-refractivity contribution >= 4 is 0 Å². The van der Waals surface area contributed by atoms with Gasteiger partial charge in [0.15, 0.2) is 6.10 Å². The van der Waals surface area contributed by atoms with Crippen LogP contribution in [0.25, 0.3) is 0 Å². The lowest BCUT2D eigenvalue weighted by Crippen LogP contribution is -2.57. The van der Waals surface area contributed by atoms with Crippen LogP contribution < -0.4 is 4.74 Å². The SMILES string of the molecule is CC(C)(O)C(Oc1ncccn1)C1CCC2C(CC3(C)C4CCC5C(C)(C)C(O)CCC56CC46CCC23C)O1. The Morgan fingerprint density at radius 2 is 1.62 bits per heavy atom. The van der Waals surface area contributed by atoms with Crippen LogP contribution in [0.3, 0.4) is 0 Å². The summed E-state index contributed by atoms with van der Waals surface area (Å²) in [4.78, 5) is 8.53. The van der Waals surface area contributed by atoms with Gasteiger partial charge in [0.2, 0.25) is 0 Å². The predicted molar refractivity (Wildman–Crippen MR) is 149 cm³/mol. The van der Waals surface area contributed by atoms with Gasteiger partial charge in [-0.05, 0) is 129 Å². The molecule has 5 saturated carbocycles. The van der Waals surface area contributed by atoms with Crippen LogP contribution in [-0.4, -0.2) is 50.2 Å². The molecular weight excluding hydrogens is 488 g/mol. The van der Waals surface area contributed by atoms with Gasteiger partial charge < -0.3 is 19.7 Å². The number of aliphatic hydroxyl groups is 2. The Hall–Kier alpha value is -1.24. The molecule has 0 amide bonds. The number of aromatic nitrogens is 2. The second kappa shape index (κ2) is 8.19. The zero-order valence-corrected chi connectivity index (χ0v) is 24.9. The summed E-state index contributed by atoms with van der Waals surface area (Å²) in [5, 5.41) is 22.1. The molecule has 1 aromatic rings. The number of nitrogens with zero attached hydrogens (tertiary/aromatic N) is 2. The summed E-state index contributed by atoms with van der Waals surface area (Å²) in [6.07, 6.45) is 14.7. The van der Waals surface area contributed by atoms with E-state index < -0.39 is 11.7 Å². The molecule has 11 unspecified atom stereocenters. The summed E-state index contributed by atoms with van der Waals surface area (Å²) in [5.74, 6) is 1.97. The van der Waals surface area contributed by atoms with Crippen LogP contribution in [0.4, 0.5) is 0 Å². The van der Waals surface area contributed by atoms with Crippen LogP contribution in [0.2, 0.25) is 0 Å². The molecule has 2 heterocycles. The first-order chi connectivity index (χ1) is 18.3. The Morgan fingerprint density at radius 3 is 2.33 bits per heavy atom. The summed E-state index contributed by atoms with van der Waals surface area (Å²) < 4.78 is 13.2. The third-order valence-corrected chi connectivity index (χ3v) is 14.2. The first-order valence-electron chi connectivity index (χ1n) is 15.8. The molecule has 0 radical (unpaired) electrons. The average molecular weight is 539 g/mol. The highest BCUT2D eigenvalue weighted by Crippen LogP contribution is 2.89. The van der Waals surface area contributed by atoms with Gasteiger partial charge in [0.1, 0.15) is 0 Å². The van der Waals surface area contributed by atoms with Crippen molar-refractivity contribution in [2.45, 2.75) is 136 Å². The number of ether oxygens (including phenoxy) is 2. The van der Waals surface area contributed by atoms with Crippen LogP contribution in [0.15, 0.2) is 18.5 Å². The lowest BCUT2D eigenvalue weighted by Gasteiger charge is -2.63. The van der Waals surface area contributed by atoms with Crippen LogP contribution in [0.5, 0.6) is 6.01 Å². The predicted octanol–water partition coefficient (Wildman–Crippen LogP) is 5.95. The third kappa shape index (κ3) is 3.37. The van der Waals surface area contributed by atoms with E-state index in [-0.39, 0.29) is 34.6 Å². The summed E-state index contributed by atoms with van der Waals surface area (Å²) in [7, 11) is 0. The number of aliphatic hydroxyl groups excluding tert-OH is 1. The van der Waals surface area contributed by atoms with Gasteiger partial charge in [0, 0.05) is 12.4 Å². The Kier molecular flexibility index (Phi) is 5.60. The van der Waals surface area contributed by atoms with Crippen LogP contribution >= 0.6 is 0 Å². The van der Waals surface area contributed by atoms with Crippen molar-refractivity contribution in [3.8, 4) is 6.01 Å². The molecule has 1 saturated heterocycles. The van der Waals surface area contributed by atoms with Crippen LogP contribution in [-0.2, 0) is 4.74 Å². The highest BCUT2D eigenvalue weighted by Gasteiger charge is 2.82. The first kappa shape index (κ1) is 26.6. The molecule has 6 heteroatoms. The van der Waals surface area contributed by atoms with Gasteiger partial charge in [-0.1, -0.05) is 27.7 Å². The van der Waals surface area contributed by atoms with Crippen molar-refractivity contribution in [1.82, 2.24) is 9.97 Å². The standard InChI is InChI=1S/C33H50N2O4/c1-28(2)23-10-11-24-31(6)18-22-20(30(31,5)14-15-33(24)19-32(23,33)13-12-25(28)36)8-9-21(38-22)26(29(3,4)37)39-27-34-16-7-17-35-27/h7,16-17,20-26,36-37H,8-15,18-19H2,1-6H3. The molecule has 11 atom stereocenters. The minimum absolute atomic E-state index is 0.0307. The molecule has 2 spiro atoms. The lowest BCUT2D eigenvalue weighted by molar-refractivity contribution is -0.174. The number of hydrogen-bond donors (Lipinski definition) is 2. The Bertz CT molecular complexity index is 1120. The van der Waals surface area contributed by atoms with Crippen LogP contribution in [0, 0.1) is 44.8 Å². The van der Waals surface area contributed by atoms with E-state index in [4.69, 9.17) is 9.47 Å². The molecule has 6 nitrogen and oxygen atoms in total. The molecule has 7 rings (SSSR count). The van der Waals surface area contributed by atoms with Gasteiger partial charge in [0.25, 0.3) is 0 Å². The normalized spacial score (nSPS) is 50.5. The monoisotopic (exact) mass is 538 g/mol. The molecule has 0 bridgehead atoms. The van der Waals surface area contributed by atoms with Crippen molar-refractivity contribution in [3.05, 3.63) is 18.5 Å². The number of rotatable bonds is 4. The van der Waals surface area contributed by atoms with Crippen molar-refractivity contribution in [3.63, 3.8) is 0 Å². The average Bonchev–Trinajstić information content (AvgIpc) is 3.49. The van der Waals surface area contributed by atoms with Gasteiger partial charge in [-0.3, -0.25) is 0 Å². The van der Waals surface area contributed by atoms with E-state index >= 15 is 0 Å². The van der Waals surface area contributed by atoms with E-state index in [1.54, 1.807) is 18.5 Å². The molecule has 39 heavy (non-hydrogen) atoms. The summed E-state index contributed by atoms with van der Waals surface area (Å²) in [5.41, 5.74) is 0.428. The smallest absolute Gasteiger partial charge is 0.316 e. The Labute approximate surface area is 234 Å². The molecule has 2 N–H and O–H groups in total. The van der Waals surface area contributed by atoms with Gasteiger partial charge in [-0.2, -0.15) is 0 Å². The summed E-state index contributed by atoms with van der Waals surface area (Å²) in [6, 6.07) is 2.07. The van der Waals surface area contributed by atoms with Gasteiger partial charge >= 0.3 is 6.01 Å². The second-order valence-corrected chi connectivity index (χ2v) is 16.2. The van der Waals surface area contributed by atoms with E-state index in [1.165, 1.54) is 38.5 Å². The van der Waals surface area contributed by atoms with Crippen molar-refractivity contribution in [2.24, 2.45) is 44.8 Å². The van der Waals surface area contributed by atoms with Crippen molar-refractivity contribution in [1.29, 1.82) is 0 Å². The van der Waals surface area contributed by atoms with E-state index in [1.807, 2.05) is 13.8 Å².